The van der Waals surface area contributed by atoms with Crippen LogP contribution in [0.15, 0.2) is 109 Å². The topological polar surface area (TPSA) is 27.7 Å². The van der Waals surface area contributed by atoms with Gasteiger partial charge < -0.3 is 14.0 Å². The molecule has 0 unspecified atom stereocenters. The Hall–Kier alpha value is -3.73. The van der Waals surface area contributed by atoms with Crippen LogP contribution in [-0.2, 0) is 0 Å². The fourth-order valence-corrected chi connectivity index (χ4v) is 2.77. The molecule has 29 heavy (non-hydrogen) atoms. The first-order chi connectivity index (χ1) is 14.3. The maximum atomic E-state index is 13.1. The van der Waals surface area contributed by atoms with Gasteiger partial charge in [0.1, 0.15) is 23.1 Å². The molecule has 142 valence electrons. The molecule has 4 rings (SSSR count). The monoisotopic (exact) mass is 384 g/mol. The highest BCUT2D eigenvalue weighted by molar-refractivity contribution is 6.39. The summed E-state index contributed by atoms with van der Waals surface area (Å²) in [6.45, 7) is 0. The standard InChI is InChI=1S/C24H18BFO3/c26-21-15-11-19(12-16-21)20-13-17-24(18-14-20)29-25(27-22-7-3-1-4-8-22)28-23-9-5-2-6-10-23/h1-18H. The lowest BCUT2D eigenvalue weighted by atomic mass is 10.1. The van der Waals surface area contributed by atoms with Crippen LogP contribution in [0, 0.1) is 5.82 Å². The molecule has 5 heteroatoms. The van der Waals surface area contributed by atoms with Crippen molar-refractivity contribution in [3.05, 3.63) is 115 Å². The van der Waals surface area contributed by atoms with E-state index in [1.165, 1.54) is 12.1 Å². The van der Waals surface area contributed by atoms with Gasteiger partial charge >= 0.3 is 7.32 Å². The molecule has 0 aliphatic rings. The molecule has 0 aliphatic heterocycles. The van der Waals surface area contributed by atoms with Crippen LogP contribution in [0.1, 0.15) is 0 Å². The molecule has 0 amide bonds. The number of hydrogen-bond donors (Lipinski definition) is 0. The molecule has 0 aromatic heterocycles. The highest BCUT2D eigenvalue weighted by Gasteiger charge is 2.30. The largest absolute Gasteiger partial charge is 0.864 e. The van der Waals surface area contributed by atoms with E-state index in [4.69, 9.17) is 14.0 Å². The number of rotatable bonds is 7. The van der Waals surface area contributed by atoms with Gasteiger partial charge in [0.2, 0.25) is 0 Å². The molecule has 0 spiro atoms. The van der Waals surface area contributed by atoms with Crippen molar-refractivity contribution in [3.8, 4) is 28.4 Å². The molecular formula is C24H18BFO3. The number of halogens is 1. The van der Waals surface area contributed by atoms with Gasteiger partial charge in [0.15, 0.2) is 0 Å². The van der Waals surface area contributed by atoms with E-state index in [0.29, 0.717) is 17.2 Å². The van der Waals surface area contributed by atoms with Crippen LogP contribution in [0.4, 0.5) is 4.39 Å². The lowest BCUT2D eigenvalue weighted by Crippen LogP contribution is -2.36. The first-order valence-electron chi connectivity index (χ1n) is 9.22. The Bertz CT molecular complexity index is 982. The average molecular weight is 384 g/mol. The highest BCUT2D eigenvalue weighted by atomic mass is 19.1. The van der Waals surface area contributed by atoms with Crippen LogP contribution in [0.3, 0.4) is 0 Å². The SMILES string of the molecule is Fc1ccc(-c2ccc(OB(Oc3ccccc3)Oc3ccccc3)cc2)cc1. The van der Waals surface area contributed by atoms with Gasteiger partial charge in [-0.3, -0.25) is 0 Å². The van der Waals surface area contributed by atoms with Crippen LogP contribution in [0.2, 0.25) is 0 Å². The van der Waals surface area contributed by atoms with E-state index in [-0.39, 0.29) is 5.82 Å². The quantitative estimate of drug-likeness (QED) is 0.365. The van der Waals surface area contributed by atoms with Crippen molar-refractivity contribution in [1.29, 1.82) is 0 Å². The predicted molar refractivity (Wildman–Crippen MR) is 112 cm³/mol. The molecule has 0 aliphatic carbocycles. The molecule has 4 aromatic rings. The van der Waals surface area contributed by atoms with Gasteiger partial charge in [-0.15, -0.1) is 0 Å². The molecule has 0 saturated carbocycles. The van der Waals surface area contributed by atoms with E-state index in [1.807, 2.05) is 84.9 Å². The van der Waals surface area contributed by atoms with Crippen molar-refractivity contribution in [2.24, 2.45) is 0 Å². The molecule has 0 atom stereocenters. The third-order valence-corrected chi connectivity index (χ3v) is 4.22. The van der Waals surface area contributed by atoms with Gasteiger partial charge in [0.25, 0.3) is 0 Å². The zero-order valence-electron chi connectivity index (χ0n) is 15.6. The summed E-state index contributed by atoms with van der Waals surface area (Å²) in [6.07, 6.45) is 0. The minimum atomic E-state index is -0.962. The normalized spacial score (nSPS) is 10.2. The molecule has 0 N–H and O–H groups in total. The molecule has 4 aromatic carbocycles. The maximum absolute atomic E-state index is 13.1. The summed E-state index contributed by atoms with van der Waals surface area (Å²) in [6, 6.07) is 32.5. The van der Waals surface area contributed by atoms with E-state index in [0.717, 1.165) is 11.1 Å². The summed E-state index contributed by atoms with van der Waals surface area (Å²) in [5.74, 6) is 1.60. The average Bonchev–Trinajstić information content (AvgIpc) is 2.76. The summed E-state index contributed by atoms with van der Waals surface area (Å²) in [4.78, 5) is 0. The van der Waals surface area contributed by atoms with Crippen molar-refractivity contribution in [2.45, 2.75) is 0 Å². The van der Waals surface area contributed by atoms with Crippen LogP contribution in [0.5, 0.6) is 17.2 Å². The van der Waals surface area contributed by atoms with Gasteiger partial charge in [0.05, 0.1) is 0 Å². The molecule has 0 bridgehead atoms. The summed E-state index contributed by atoms with van der Waals surface area (Å²) in [5, 5.41) is 0. The van der Waals surface area contributed by atoms with Gasteiger partial charge in [-0.2, -0.15) is 0 Å². The summed E-state index contributed by atoms with van der Waals surface area (Å²) >= 11 is 0. The molecule has 0 heterocycles. The van der Waals surface area contributed by atoms with Crippen molar-refractivity contribution < 1.29 is 18.4 Å². The predicted octanol–water partition coefficient (Wildman–Crippen LogP) is 6.01. The van der Waals surface area contributed by atoms with Crippen molar-refractivity contribution >= 4 is 7.32 Å². The summed E-state index contributed by atoms with van der Waals surface area (Å²) in [7, 11) is -0.962. The first kappa shape index (κ1) is 18.6. The molecule has 0 saturated heterocycles. The zero-order valence-corrected chi connectivity index (χ0v) is 15.6. The lowest BCUT2D eigenvalue weighted by Gasteiger charge is -2.16. The Morgan fingerprint density at radius 3 is 1.28 bits per heavy atom. The lowest BCUT2D eigenvalue weighted by molar-refractivity contribution is 0.307. The minimum absolute atomic E-state index is 0.257. The van der Waals surface area contributed by atoms with Gasteiger partial charge in [-0.05, 0) is 59.7 Å². The third-order valence-electron chi connectivity index (χ3n) is 4.22. The zero-order chi connectivity index (χ0) is 19.9. The smallest absolute Gasteiger partial charge is 0.490 e. The number of hydrogen-bond acceptors (Lipinski definition) is 3. The fraction of sp³-hybridized carbons (Fsp3) is 0. The van der Waals surface area contributed by atoms with Crippen LogP contribution < -0.4 is 14.0 Å². The van der Waals surface area contributed by atoms with E-state index < -0.39 is 7.32 Å². The second-order valence-electron chi connectivity index (χ2n) is 6.30. The Labute approximate surface area is 169 Å². The summed E-state index contributed by atoms with van der Waals surface area (Å²) in [5.41, 5.74) is 1.89. The number of para-hydroxylation sites is 2. The minimum Gasteiger partial charge on any atom is -0.490 e. The van der Waals surface area contributed by atoms with Gasteiger partial charge in [-0.25, -0.2) is 4.39 Å². The summed E-state index contributed by atoms with van der Waals surface area (Å²) < 4.78 is 30.8. The molecule has 3 nitrogen and oxygen atoms in total. The van der Waals surface area contributed by atoms with Gasteiger partial charge in [-0.1, -0.05) is 60.7 Å². The van der Waals surface area contributed by atoms with Crippen molar-refractivity contribution in [3.63, 3.8) is 0 Å². The second-order valence-corrected chi connectivity index (χ2v) is 6.30. The molecular weight excluding hydrogens is 366 g/mol. The Morgan fingerprint density at radius 1 is 0.448 bits per heavy atom. The molecule has 0 fully saturated rings. The first-order valence-corrected chi connectivity index (χ1v) is 9.22. The Kier molecular flexibility index (Phi) is 5.77. The van der Waals surface area contributed by atoms with Crippen LogP contribution in [-0.4, -0.2) is 7.32 Å². The van der Waals surface area contributed by atoms with Crippen molar-refractivity contribution in [2.75, 3.05) is 0 Å². The maximum Gasteiger partial charge on any atom is 0.864 e. The van der Waals surface area contributed by atoms with E-state index in [9.17, 15) is 4.39 Å². The van der Waals surface area contributed by atoms with E-state index >= 15 is 0 Å². The fourth-order valence-electron chi connectivity index (χ4n) is 2.77. The van der Waals surface area contributed by atoms with Crippen molar-refractivity contribution in [1.82, 2.24) is 0 Å². The van der Waals surface area contributed by atoms with E-state index in [1.54, 1.807) is 12.1 Å². The Balaban J connectivity index is 1.51. The van der Waals surface area contributed by atoms with Crippen LogP contribution >= 0.6 is 0 Å². The number of benzene rings is 4. The molecule has 0 radical (unpaired) electrons. The second kappa shape index (κ2) is 8.98. The Morgan fingerprint density at radius 2 is 0.828 bits per heavy atom. The van der Waals surface area contributed by atoms with Crippen LogP contribution in [0.25, 0.3) is 11.1 Å². The highest BCUT2D eigenvalue weighted by Crippen LogP contribution is 2.24. The van der Waals surface area contributed by atoms with Gasteiger partial charge in [0, 0.05) is 0 Å². The third kappa shape index (κ3) is 5.17. The van der Waals surface area contributed by atoms with E-state index in [2.05, 4.69) is 0 Å².